The summed E-state index contributed by atoms with van der Waals surface area (Å²) in [6, 6.07) is 0. The van der Waals surface area contributed by atoms with Crippen molar-refractivity contribution in [2.24, 2.45) is 5.10 Å². The summed E-state index contributed by atoms with van der Waals surface area (Å²) in [5, 5.41) is 10.9. The van der Waals surface area contributed by atoms with Crippen LogP contribution in [0.4, 0.5) is 0 Å². The molecular weight excluding hydrogens is 80.0 g/mol. The van der Waals surface area contributed by atoms with Crippen LogP contribution >= 0.6 is 0 Å². The zero-order valence-corrected chi connectivity index (χ0v) is 3.26. The maximum absolute atomic E-state index is 7.70. The maximum Gasteiger partial charge on any atom is 0.0487 e. The molecule has 0 rings (SSSR count). The van der Waals surface area contributed by atoms with E-state index in [4.69, 9.17) is 5.21 Å². The normalized spacial score (nSPS) is 8.83. The quantitative estimate of drug-likeness (QED) is 0.371. The van der Waals surface area contributed by atoms with Crippen molar-refractivity contribution < 1.29 is 5.21 Å². The Bertz CT molecular complexity index is 59.8. The lowest BCUT2D eigenvalue weighted by Crippen LogP contribution is -1.92. The predicted molar refractivity (Wildman–Crippen MR) is 23.6 cm³/mol. The van der Waals surface area contributed by atoms with E-state index in [0.717, 1.165) is 0 Å². The molecule has 0 spiro atoms. The van der Waals surface area contributed by atoms with Crippen molar-refractivity contribution in [1.29, 1.82) is 0 Å². The van der Waals surface area contributed by atoms with Gasteiger partial charge in [-0.1, -0.05) is 6.58 Å². The van der Waals surface area contributed by atoms with Crippen LogP contribution in [0.3, 0.4) is 0 Å². The fraction of sp³-hybridized carbons (Fsp3) is 0. The third-order valence-electron chi connectivity index (χ3n) is 0.238. The van der Waals surface area contributed by atoms with E-state index in [1.54, 1.807) is 5.59 Å². The highest BCUT2D eigenvalue weighted by Gasteiger charge is 1.50. The molecule has 0 aromatic heterocycles. The fourth-order valence-electron chi connectivity index (χ4n) is 0.0860. The second-order valence-corrected chi connectivity index (χ2v) is 0.614. The summed E-state index contributed by atoms with van der Waals surface area (Å²) in [5.41, 5.74) is 1.57. The van der Waals surface area contributed by atoms with Gasteiger partial charge in [-0.05, 0) is 6.08 Å². The molecule has 3 heteroatoms. The lowest BCUT2D eigenvalue weighted by molar-refractivity contribution is 0.173. The summed E-state index contributed by atoms with van der Waals surface area (Å²) in [4.78, 5) is 0. The number of rotatable bonds is 2. The summed E-state index contributed by atoms with van der Waals surface area (Å²) in [7, 11) is 0. The number of hydrogen-bond acceptors (Lipinski definition) is 3. The highest BCUT2D eigenvalue weighted by atomic mass is 16.5. The first-order valence-corrected chi connectivity index (χ1v) is 1.45. The molecule has 0 aromatic rings. The van der Waals surface area contributed by atoms with Gasteiger partial charge in [0, 0.05) is 6.21 Å². The molecule has 6 heavy (non-hydrogen) atoms. The van der Waals surface area contributed by atoms with Gasteiger partial charge in [-0.25, -0.2) is 0 Å². The van der Waals surface area contributed by atoms with Gasteiger partial charge in [-0.3, -0.25) is 5.21 Å². The Labute approximate surface area is 35.9 Å². The van der Waals surface area contributed by atoms with E-state index < -0.39 is 0 Å². The third kappa shape index (κ3) is 3.17. The Hall–Kier alpha value is -0.830. The van der Waals surface area contributed by atoms with Crippen LogP contribution in [0.25, 0.3) is 0 Å². The summed E-state index contributed by atoms with van der Waals surface area (Å²) in [6.07, 6.45) is 2.78. The molecule has 2 N–H and O–H groups in total. The summed E-state index contributed by atoms with van der Waals surface area (Å²) in [6.45, 7) is 3.30. The lowest BCUT2D eigenvalue weighted by Gasteiger charge is -1.75. The number of hydrazone groups is 1. The van der Waals surface area contributed by atoms with Crippen molar-refractivity contribution in [1.82, 2.24) is 5.59 Å². The highest BCUT2D eigenvalue weighted by molar-refractivity contribution is 5.69. The molecule has 0 unspecified atom stereocenters. The topological polar surface area (TPSA) is 44.6 Å². The molecule has 0 atom stereocenters. The minimum absolute atomic E-state index is 1.33. The van der Waals surface area contributed by atoms with Crippen molar-refractivity contribution >= 4 is 6.21 Å². The monoisotopic (exact) mass is 86.0 g/mol. The van der Waals surface area contributed by atoms with Crippen LogP contribution in [-0.2, 0) is 0 Å². The first kappa shape index (κ1) is 5.17. The second-order valence-electron chi connectivity index (χ2n) is 0.614. The number of nitrogens with one attached hydrogen (secondary N) is 1. The molecule has 0 amide bonds. The lowest BCUT2D eigenvalue weighted by atomic mass is 10.7. The Morgan fingerprint density at radius 3 is 2.67 bits per heavy atom. The molecule has 0 aromatic carbocycles. The molecular formula is C3H6N2O. The van der Waals surface area contributed by atoms with Crippen molar-refractivity contribution in [3.8, 4) is 0 Å². The SMILES string of the molecule is C=CC=NNO. The Kier molecular flexibility index (Phi) is 3.59. The van der Waals surface area contributed by atoms with Crippen LogP contribution in [0.1, 0.15) is 0 Å². The van der Waals surface area contributed by atoms with Gasteiger partial charge >= 0.3 is 0 Å². The average molecular weight is 86.1 g/mol. The van der Waals surface area contributed by atoms with Gasteiger partial charge in [0.1, 0.15) is 0 Å². The summed E-state index contributed by atoms with van der Waals surface area (Å²) >= 11 is 0. The standard InChI is InChI=1S/C3H6N2O/c1-2-3-4-5-6/h2-3,5-6H,1H2. The zero-order valence-electron chi connectivity index (χ0n) is 3.26. The van der Waals surface area contributed by atoms with Crippen LogP contribution < -0.4 is 5.59 Å². The van der Waals surface area contributed by atoms with E-state index in [9.17, 15) is 0 Å². The van der Waals surface area contributed by atoms with Crippen LogP contribution in [-0.4, -0.2) is 11.4 Å². The number of hydrogen-bond donors (Lipinski definition) is 2. The van der Waals surface area contributed by atoms with Crippen LogP contribution in [0, 0.1) is 0 Å². The van der Waals surface area contributed by atoms with Crippen LogP contribution in [0.2, 0.25) is 0 Å². The molecule has 0 aliphatic carbocycles. The van der Waals surface area contributed by atoms with E-state index in [0.29, 0.717) is 0 Å². The highest BCUT2D eigenvalue weighted by Crippen LogP contribution is 1.49. The average Bonchev–Trinajstić information content (AvgIpc) is 1.61. The molecule has 0 heterocycles. The third-order valence-corrected chi connectivity index (χ3v) is 0.238. The molecule has 3 nitrogen and oxygen atoms in total. The van der Waals surface area contributed by atoms with E-state index in [1.807, 2.05) is 0 Å². The van der Waals surface area contributed by atoms with E-state index >= 15 is 0 Å². The van der Waals surface area contributed by atoms with Gasteiger partial charge in [0.2, 0.25) is 0 Å². The van der Waals surface area contributed by atoms with Gasteiger partial charge in [-0.2, -0.15) is 10.7 Å². The molecule has 0 fully saturated rings. The van der Waals surface area contributed by atoms with E-state index in [-0.39, 0.29) is 0 Å². The molecule has 0 saturated carbocycles. The fourth-order valence-corrected chi connectivity index (χ4v) is 0.0860. The van der Waals surface area contributed by atoms with Crippen molar-refractivity contribution in [3.05, 3.63) is 12.7 Å². The van der Waals surface area contributed by atoms with Crippen LogP contribution in [0.15, 0.2) is 17.8 Å². The zero-order chi connectivity index (χ0) is 4.83. The number of nitrogens with zero attached hydrogens (tertiary/aromatic N) is 1. The maximum atomic E-state index is 7.70. The molecule has 0 radical (unpaired) electrons. The van der Waals surface area contributed by atoms with E-state index in [1.165, 1.54) is 12.3 Å². The smallest absolute Gasteiger partial charge is 0.0487 e. The van der Waals surface area contributed by atoms with Gasteiger partial charge < -0.3 is 0 Å². The summed E-state index contributed by atoms with van der Waals surface area (Å²) < 4.78 is 0. The molecule has 0 aliphatic rings. The van der Waals surface area contributed by atoms with Crippen molar-refractivity contribution in [2.45, 2.75) is 0 Å². The van der Waals surface area contributed by atoms with Gasteiger partial charge in [0.15, 0.2) is 0 Å². The largest absolute Gasteiger partial charge is 0.274 e. The Morgan fingerprint density at radius 1 is 1.83 bits per heavy atom. The first-order valence-electron chi connectivity index (χ1n) is 1.45. The number of allylic oxidation sites excluding steroid dienone is 1. The van der Waals surface area contributed by atoms with E-state index in [2.05, 4.69) is 11.7 Å². The molecule has 0 saturated heterocycles. The molecule has 34 valence electrons. The minimum atomic E-state index is 1.33. The predicted octanol–water partition coefficient (Wildman–Crippen LogP) is 0.137. The molecule has 0 aliphatic heterocycles. The minimum Gasteiger partial charge on any atom is -0.274 e. The van der Waals surface area contributed by atoms with Crippen molar-refractivity contribution in [2.75, 3.05) is 0 Å². The first-order chi connectivity index (χ1) is 2.91. The summed E-state index contributed by atoms with van der Waals surface area (Å²) in [5.74, 6) is 0. The van der Waals surface area contributed by atoms with Gasteiger partial charge in [0.25, 0.3) is 0 Å². The van der Waals surface area contributed by atoms with Crippen molar-refractivity contribution in [3.63, 3.8) is 0 Å². The second kappa shape index (κ2) is 4.17. The van der Waals surface area contributed by atoms with Crippen LogP contribution in [0.5, 0.6) is 0 Å². The van der Waals surface area contributed by atoms with Gasteiger partial charge in [-0.15, -0.1) is 0 Å². The Morgan fingerprint density at radius 2 is 2.50 bits per heavy atom. The molecule has 0 bridgehead atoms. The Balaban J connectivity index is 2.94. The van der Waals surface area contributed by atoms with Gasteiger partial charge in [0.05, 0.1) is 0 Å².